The monoisotopic (exact) mass is 361 g/mol. The van der Waals surface area contributed by atoms with E-state index in [0.717, 1.165) is 33.7 Å². The summed E-state index contributed by atoms with van der Waals surface area (Å²) in [5.41, 5.74) is 5.49. The van der Waals surface area contributed by atoms with Crippen molar-refractivity contribution in [3.8, 4) is 11.8 Å². The molecule has 0 saturated carbocycles. The molecular weight excluding hydrogens is 330 g/mol. The van der Waals surface area contributed by atoms with Crippen LogP contribution in [0.1, 0.15) is 45.7 Å². The lowest BCUT2D eigenvalue weighted by Crippen LogP contribution is -1.97. The predicted molar refractivity (Wildman–Crippen MR) is 120 cm³/mol. The summed E-state index contributed by atoms with van der Waals surface area (Å²) in [4.78, 5) is 4.57. The second-order valence-corrected chi connectivity index (χ2v) is 5.27. The molecule has 1 aromatic heterocycles. The van der Waals surface area contributed by atoms with E-state index in [-0.39, 0.29) is 0 Å². The molecule has 0 aliphatic heterocycles. The van der Waals surface area contributed by atoms with E-state index < -0.39 is 0 Å². The van der Waals surface area contributed by atoms with E-state index in [4.69, 9.17) is 0 Å². The van der Waals surface area contributed by atoms with Gasteiger partial charge >= 0.3 is 0 Å². The number of nitrogens with one attached hydrogen (secondary N) is 1. The van der Waals surface area contributed by atoms with E-state index in [1.165, 1.54) is 0 Å². The number of fused-ring (bicyclic) bond motifs is 1. The molecule has 0 fully saturated rings. The zero-order valence-electron chi connectivity index (χ0n) is 17.6. The van der Waals surface area contributed by atoms with Crippen LogP contribution in [-0.4, -0.2) is 16.6 Å². The number of anilines is 1. The lowest BCUT2D eigenvalue weighted by Gasteiger charge is -2.08. The van der Waals surface area contributed by atoms with Crippen LogP contribution in [0.15, 0.2) is 54.6 Å². The van der Waals surface area contributed by atoms with Crippen LogP contribution in [0, 0.1) is 11.8 Å². The maximum atomic E-state index is 4.57. The molecule has 0 bridgehead atoms. The van der Waals surface area contributed by atoms with E-state index >= 15 is 0 Å². The number of imidazole rings is 1. The summed E-state index contributed by atoms with van der Waals surface area (Å²) in [5.74, 6) is 6.88. The Hall–Kier alpha value is -2.99. The molecule has 27 heavy (non-hydrogen) atoms. The van der Waals surface area contributed by atoms with Crippen molar-refractivity contribution in [2.75, 3.05) is 12.4 Å². The number of hydrogen-bond donors (Lipinski definition) is 1. The third-order valence-electron chi connectivity index (χ3n) is 3.86. The van der Waals surface area contributed by atoms with Gasteiger partial charge in [-0.25, -0.2) is 4.98 Å². The summed E-state index contributed by atoms with van der Waals surface area (Å²) in [5, 5.41) is 3.11. The average molecular weight is 362 g/mol. The maximum Gasteiger partial charge on any atom is 0.203 e. The van der Waals surface area contributed by atoms with Gasteiger partial charge in [-0.05, 0) is 41.8 Å². The molecule has 1 heterocycles. The van der Waals surface area contributed by atoms with E-state index in [1.54, 1.807) is 0 Å². The predicted octanol–water partition coefficient (Wildman–Crippen LogP) is 6.12. The van der Waals surface area contributed by atoms with Gasteiger partial charge in [-0.1, -0.05) is 70.0 Å². The molecule has 3 aromatic rings. The molecule has 0 saturated heterocycles. The number of rotatable bonds is 3. The molecule has 0 unspecified atom stereocenters. The summed E-state index contributed by atoms with van der Waals surface area (Å²) < 4.78 is 2.06. The lowest BCUT2D eigenvalue weighted by atomic mass is 9.97. The van der Waals surface area contributed by atoms with Crippen LogP contribution in [0.5, 0.6) is 0 Å². The van der Waals surface area contributed by atoms with Gasteiger partial charge in [-0.2, -0.15) is 0 Å². The topological polar surface area (TPSA) is 29.9 Å². The molecule has 1 N–H and O–H groups in total. The Morgan fingerprint density at radius 2 is 1.67 bits per heavy atom. The van der Waals surface area contributed by atoms with Crippen molar-refractivity contribution in [2.24, 2.45) is 7.05 Å². The smallest absolute Gasteiger partial charge is 0.203 e. The first-order valence-corrected chi connectivity index (χ1v) is 9.57. The van der Waals surface area contributed by atoms with Crippen LogP contribution in [0.2, 0.25) is 0 Å². The highest BCUT2D eigenvalue weighted by Gasteiger charge is 2.10. The SMILES string of the molecule is CC.CC.CC#C/C=C(\c1ccccc1)c1ccc2nc(NC)n(C)c2c1. The largest absolute Gasteiger partial charge is 0.359 e. The van der Waals surface area contributed by atoms with E-state index in [0.29, 0.717) is 0 Å². The van der Waals surface area contributed by atoms with Crippen LogP contribution >= 0.6 is 0 Å². The molecule has 3 heteroatoms. The minimum Gasteiger partial charge on any atom is -0.359 e. The zero-order valence-corrected chi connectivity index (χ0v) is 17.6. The van der Waals surface area contributed by atoms with Crippen LogP contribution in [0.3, 0.4) is 0 Å². The second kappa shape index (κ2) is 11.6. The number of aromatic nitrogens is 2. The average Bonchev–Trinajstić information content (AvgIpc) is 3.07. The second-order valence-electron chi connectivity index (χ2n) is 5.27. The lowest BCUT2D eigenvalue weighted by molar-refractivity contribution is 0.952. The fraction of sp³-hybridized carbons (Fsp3) is 0.292. The van der Waals surface area contributed by atoms with Gasteiger partial charge in [-0.3, -0.25) is 0 Å². The fourth-order valence-corrected chi connectivity index (χ4v) is 2.68. The summed E-state index contributed by atoms with van der Waals surface area (Å²) >= 11 is 0. The molecule has 0 spiro atoms. The zero-order chi connectivity index (χ0) is 20.2. The molecule has 142 valence electrons. The van der Waals surface area contributed by atoms with Crippen molar-refractivity contribution in [3.63, 3.8) is 0 Å². The Bertz CT molecular complexity index is 923. The summed E-state index contributed by atoms with van der Waals surface area (Å²) in [6, 6.07) is 16.7. The van der Waals surface area contributed by atoms with Crippen molar-refractivity contribution in [1.82, 2.24) is 9.55 Å². The summed E-state index contributed by atoms with van der Waals surface area (Å²) in [6.07, 6.45) is 1.98. The van der Waals surface area contributed by atoms with Gasteiger partial charge in [0.25, 0.3) is 0 Å². The van der Waals surface area contributed by atoms with Crippen LogP contribution in [0.4, 0.5) is 5.95 Å². The van der Waals surface area contributed by atoms with Crippen molar-refractivity contribution in [2.45, 2.75) is 34.6 Å². The van der Waals surface area contributed by atoms with E-state index in [9.17, 15) is 0 Å². The fourth-order valence-electron chi connectivity index (χ4n) is 2.68. The highest BCUT2D eigenvalue weighted by atomic mass is 15.2. The van der Waals surface area contributed by atoms with Gasteiger partial charge in [0, 0.05) is 14.1 Å². The van der Waals surface area contributed by atoms with Crippen molar-refractivity contribution < 1.29 is 0 Å². The van der Waals surface area contributed by atoms with E-state index in [2.05, 4.69) is 57.0 Å². The number of hydrogen-bond acceptors (Lipinski definition) is 2. The van der Waals surface area contributed by atoms with Gasteiger partial charge in [-0.15, -0.1) is 5.92 Å². The Kier molecular flexibility index (Phi) is 9.47. The molecule has 0 atom stereocenters. The van der Waals surface area contributed by atoms with Gasteiger partial charge in [0.15, 0.2) is 0 Å². The Balaban J connectivity index is 0.000000855. The first kappa shape index (κ1) is 22.1. The number of nitrogens with zero attached hydrogens (tertiary/aromatic N) is 2. The normalized spacial score (nSPS) is 9.96. The molecule has 0 radical (unpaired) electrons. The highest BCUT2D eigenvalue weighted by Crippen LogP contribution is 2.27. The number of benzene rings is 2. The van der Waals surface area contributed by atoms with Gasteiger partial charge < -0.3 is 9.88 Å². The number of allylic oxidation sites excluding steroid dienone is 1. The van der Waals surface area contributed by atoms with E-state index in [1.807, 2.05) is 73.0 Å². The highest BCUT2D eigenvalue weighted by molar-refractivity contribution is 5.88. The maximum absolute atomic E-state index is 4.57. The first-order chi connectivity index (χ1) is 13.2. The molecule has 3 nitrogen and oxygen atoms in total. The van der Waals surface area contributed by atoms with Crippen molar-refractivity contribution >= 4 is 22.6 Å². The third kappa shape index (κ3) is 5.24. The van der Waals surface area contributed by atoms with Crippen molar-refractivity contribution in [1.29, 1.82) is 0 Å². The number of aryl methyl sites for hydroxylation is 1. The summed E-state index contributed by atoms with van der Waals surface area (Å²) in [6.45, 7) is 9.85. The minimum atomic E-state index is 0.857. The minimum absolute atomic E-state index is 0.857. The van der Waals surface area contributed by atoms with Crippen LogP contribution in [0.25, 0.3) is 16.6 Å². The van der Waals surface area contributed by atoms with Crippen molar-refractivity contribution in [3.05, 3.63) is 65.7 Å². The molecule has 0 aliphatic carbocycles. The first-order valence-electron chi connectivity index (χ1n) is 9.57. The molecule has 3 rings (SSSR count). The Morgan fingerprint density at radius 1 is 1.00 bits per heavy atom. The molecule has 0 amide bonds. The van der Waals surface area contributed by atoms with Gasteiger partial charge in [0.2, 0.25) is 5.95 Å². The third-order valence-corrected chi connectivity index (χ3v) is 3.86. The Morgan fingerprint density at radius 3 is 2.26 bits per heavy atom. The molecular formula is C24H31N3. The summed E-state index contributed by atoms with van der Waals surface area (Å²) in [7, 11) is 3.90. The quantitative estimate of drug-likeness (QED) is 0.569. The molecule has 2 aromatic carbocycles. The van der Waals surface area contributed by atoms with Gasteiger partial charge in [0.1, 0.15) is 0 Å². The van der Waals surface area contributed by atoms with Crippen LogP contribution in [-0.2, 0) is 7.05 Å². The molecule has 0 aliphatic rings. The van der Waals surface area contributed by atoms with Crippen LogP contribution < -0.4 is 5.32 Å². The van der Waals surface area contributed by atoms with Gasteiger partial charge in [0.05, 0.1) is 11.0 Å². The standard InChI is InChI=1S/C20H19N3.2C2H6/c1-4-5-11-17(15-9-7-6-8-10-15)16-12-13-18-19(14-16)23(3)20(21-2)22-18;2*1-2/h6-14H,1-3H3,(H,21,22);2*1-2H3/b17-11+;;. The Labute approximate surface area is 164 Å².